The number of carbonyl (C=O) groups is 1. The standard InChI is InChI=1S/C12H17BrN4O3/c1-20-9(18)6-17-11(19)10(13)8(5-16-17)15-7-12(14)3-2-4-12/h5,15H,2-4,6-7,14H2,1H3. The molecule has 2 rings (SSSR count). The summed E-state index contributed by atoms with van der Waals surface area (Å²) in [6, 6.07) is 0. The van der Waals surface area contributed by atoms with Gasteiger partial charge in [-0.1, -0.05) is 0 Å². The fourth-order valence-corrected chi connectivity index (χ4v) is 2.41. The molecule has 0 amide bonds. The molecule has 0 bridgehead atoms. The molecule has 7 nitrogen and oxygen atoms in total. The van der Waals surface area contributed by atoms with Crippen molar-refractivity contribution in [1.82, 2.24) is 9.78 Å². The van der Waals surface area contributed by atoms with Crippen molar-refractivity contribution in [3.63, 3.8) is 0 Å². The van der Waals surface area contributed by atoms with Gasteiger partial charge in [-0.3, -0.25) is 9.59 Å². The Kier molecular flexibility index (Phi) is 4.44. The van der Waals surface area contributed by atoms with E-state index >= 15 is 0 Å². The van der Waals surface area contributed by atoms with Crippen LogP contribution in [-0.2, 0) is 16.1 Å². The van der Waals surface area contributed by atoms with Gasteiger partial charge >= 0.3 is 5.97 Å². The van der Waals surface area contributed by atoms with Crippen molar-refractivity contribution in [2.45, 2.75) is 31.3 Å². The summed E-state index contributed by atoms with van der Waals surface area (Å²) in [5.41, 5.74) is 6.10. The number of esters is 1. The van der Waals surface area contributed by atoms with Gasteiger partial charge in [0.2, 0.25) is 0 Å². The quantitative estimate of drug-likeness (QED) is 0.753. The molecule has 0 spiro atoms. The second-order valence-corrected chi connectivity index (χ2v) is 5.77. The van der Waals surface area contributed by atoms with Gasteiger partial charge in [0.15, 0.2) is 0 Å². The minimum Gasteiger partial charge on any atom is -0.468 e. The Morgan fingerprint density at radius 1 is 1.65 bits per heavy atom. The molecule has 0 aliphatic heterocycles. The molecular formula is C12H17BrN4O3. The number of nitrogens with zero attached hydrogens (tertiary/aromatic N) is 2. The molecule has 8 heteroatoms. The lowest BCUT2D eigenvalue weighted by Gasteiger charge is -2.38. The molecule has 0 aromatic carbocycles. The van der Waals surface area contributed by atoms with Gasteiger partial charge < -0.3 is 15.8 Å². The SMILES string of the molecule is COC(=O)Cn1ncc(NCC2(N)CCC2)c(Br)c1=O. The minimum absolute atomic E-state index is 0.194. The Balaban J connectivity index is 2.10. The van der Waals surface area contributed by atoms with Gasteiger partial charge in [0.1, 0.15) is 11.0 Å². The van der Waals surface area contributed by atoms with Crippen LogP contribution in [0.15, 0.2) is 15.5 Å². The van der Waals surface area contributed by atoms with Crippen molar-refractivity contribution in [3.05, 3.63) is 21.0 Å². The highest BCUT2D eigenvalue weighted by atomic mass is 79.9. The number of ether oxygens (including phenoxy) is 1. The number of methoxy groups -OCH3 is 1. The molecule has 0 radical (unpaired) electrons. The summed E-state index contributed by atoms with van der Waals surface area (Å²) in [4.78, 5) is 23.2. The van der Waals surface area contributed by atoms with Crippen LogP contribution in [0.1, 0.15) is 19.3 Å². The molecule has 0 atom stereocenters. The van der Waals surface area contributed by atoms with E-state index in [1.165, 1.54) is 13.3 Å². The number of hydrogen-bond acceptors (Lipinski definition) is 6. The fourth-order valence-electron chi connectivity index (χ4n) is 1.97. The smallest absolute Gasteiger partial charge is 0.327 e. The third-order valence-corrected chi connectivity index (χ3v) is 4.24. The third-order valence-electron chi connectivity index (χ3n) is 3.47. The van der Waals surface area contributed by atoms with Crippen LogP contribution in [0, 0.1) is 0 Å². The van der Waals surface area contributed by atoms with Gasteiger partial charge in [-0.05, 0) is 35.2 Å². The van der Waals surface area contributed by atoms with E-state index < -0.39 is 5.97 Å². The maximum Gasteiger partial charge on any atom is 0.327 e. The van der Waals surface area contributed by atoms with Gasteiger partial charge in [0.05, 0.1) is 19.0 Å². The second-order valence-electron chi connectivity index (χ2n) is 4.98. The maximum absolute atomic E-state index is 12.0. The topological polar surface area (TPSA) is 99.2 Å². The number of rotatable bonds is 5. The lowest BCUT2D eigenvalue weighted by molar-refractivity contribution is -0.141. The molecule has 1 fully saturated rings. The molecule has 1 aromatic heterocycles. The summed E-state index contributed by atoms with van der Waals surface area (Å²) in [7, 11) is 1.26. The molecule has 0 unspecified atom stereocenters. The summed E-state index contributed by atoms with van der Waals surface area (Å²) >= 11 is 3.22. The van der Waals surface area contributed by atoms with E-state index in [-0.39, 0.29) is 17.6 Å². The summed E-state index contributed by atoms with van der Waals surface area (Å²) < 4.78 is 5.88. The van der Waals surface area contributed by atoms with Crippen LogP contribution in [0.5, 0.6) is 0 Å². The van der Waals surface area contributed by atoms with Gasteiger partial charge in [-0.2, -0.15) is 5.10 Å². The summed E-state index contributed by atoms with van der Waals surface area (Å²) in [6.07, 6.45) is 4.59. The number of anilines is 1. The number of halogens is 1. The zero-order valence-electron chi connectivity index (χ0n) is 11.2. The lowest BCUT2D eigenvalue weighted by Crippen LogP contribution is -2.52. The van der Waals surface area contributed by atoms with E-state index in [1.807, 2.05) is 0 Å². The first-order chi connectivity index (χ1) is 9.45. The number of carbonyl (C=O) groups excluding carboxylic acids is 1. The van der Waals surface area contributed by atoms with Crippen LogP contribution in [0.4, 0.5) is 5.69 Å². The fraction of sp³-hybridized carbons (Fsp3) is 0.583. The second kappa shape index (κ2) is 5.92. The number of nitrogens with two attached hydrogens (primary N) is 1. The van der Waals surface area contributed by atoms with E-state index in [1.54, 1.807) is 0 Å². The Morgan fingerprint density at radius 3 is 2.90 bits per heavy atom. The molecule has 20 heavy (non-hydrogen) atoms. The predicted octanol–water partition coefficient (Wildman–Crippen LogP) is 0.472. The average molecular weight is 345 g/mol. The number of nitrogens with one attached hydrogen (secondary N) is 1. The summed E-state index contributed by atoms with van der Waals surface area (Å²) in [5.74, 6) is -0.525. The summed E-state index contributed by atoms with van der Waals surface area (Å²) in [5, 5.41) is 7.07. The zero-order chi connectivity index (χ0) is 14.8. The molecule has 1 saturated carbocycles. The third kappa shape index (κ3) is 3.18. The van der Waals surface area contributed by atoms with Crippen LogP contribution in [0.3, 0.4) is 0 Å². The molecule has 3 N–H and O–H groups in total. The van der Waals surface area contributed by atoms with Gasteiger partial charge in [-0.15, -0.1) is 0 Å². The van der Waals surface area contributed by atoms with E-state index in [2.05, 4.69) is 31.1 Å². The van der Waals surface area contributed by atoms with Crippen LogP contribution in [-0.4, -0.2) is 34.9 Å². The van der Waals surface area contributed by atoms with Crippen molar-refractivity contribution in [1.29, 1.82) is 0 Å². The first-order valence-electron chi connectivity index (χ1n) is 6.30. The van der Waals surface area contributed by atoms with Gasteiger partial charge in [-0.25, -0.2) is 4.68 Å². The lowest BCUT2D eigenvalue weighted by atomic mass is 9.78. The predicted molar refractivity (Wildman–Crippen MR) is 77.5 cm³/mol. The first kappa shape index (κ1) is 15.0. The average Bonchev–Trinajstić information content (AvgIpc) is 2.40. The Hall–Kier alpha value is -1.41. The highest BCUT2D eigenvalue weighted by Gasteiger charge is 2.32. The molecule has 1 heterocycles. The normalized spacial score (nSPS) is 16.4. The van der Waals surface area contributed by atoms with Crippen LogP contribution in [0.25, 0.3) is 0 Å². The highest BCUT2D eigenvalue weighted by molar-refractivity contribution is 9.10. The van der Waals surface area contributed by atoms with Crippen LogP contribution < -0.4 is 16.6 Å². The molecule has 1 aliphatic carbocycles. The van der Waals surface area contributed by atoms with Gasteiger partial charge in [0.25, 0.3) is 5.56 Å². The van der Waals surface area contributed by atoms with Crippen LogP contribution >= 0.6 is 15.9 Å². The Bertz CT molecular complexity index is 568. The van der Waals surface area contributed by atoms with Crippen molar-refractivity contribution in [2.24, 2.45) is 5.73 Å². The summed E-state index contributed by atoms with van der Waals surface area (Å²) in [6.45, 7) is 0.378. The van der Waals surface area contributed by atoms with Crippen LogP contribution in [0.2, 0.25) is 0 Å². The highest BCUT2D eigenvalue weighted by Crippen LogP contribution is 2.29. The van der Waals surface area contributed by atoms with Crippen molar-refractivity contribution < 1.29 is 9.53 Å². The van der Waals surface area contributed by atoms with E-state index in [4.69, 9.17) is 5.73 Å². The molecule has 0 saturated heterocycles. The monoisotopic (exact) mass is 344 g/mol. The number of aromatic nitrogens is 2. The van der Waals surface area contributed by atoms with E-state index in [0.717, 1.165) is 23.9 Å². The maximum atomic E-state index is 12.0. The zero-order valence-corrected chi connectivity index (χ0v) is 12.8. The molecule has 110 valence electrons. The van der Waals surface area contributed by atoms with Crippen molar-refractivity contribution in [3.8, 4) is 0 Å². The van der Waals surface area contributed by atoms with Crippen molar-refractivity contribution in [2.75, 3.05) is 19.0 Å². The van der Waals surface area contributed by atoms with Crippen molar-refractivity contribution >= 4 is 27.6 Å². The Morgan fingerprint density at radius 2 is 2.35 bits per heavy atom. The van der Waals surface area contributed by atoms with E-state index in [9.17, 15) is 9.59 Å². The Labute approximate surface area is 124 Å². The molecule has 1 aliphatic rings. The minimum atomic E-state index is -0.525. The molecular weight excluding hydrogens is 328 g/mol. The first-order valence-corrected chi connectivity index (χ1v) is 7.10. The molecule has 1 aromatic rings. The number of hydrogen-bond donors (Lipinski definition) is 2. The van der Waals surface area contributed by atoms with Gasteiger partial charge in [0, 0.05) is 12.1 Å². The van der Waals surface area contributed by atoms with E-state index in [0.29, 0.717) is 16.7 Å². The largest absolute Gasteiger partial charge is 0.468 e.